The minimum atomic E-state index is -0.205. The maximum Gasteiger partial charge on any atom is 0.349 e. The Balaban J connectivity index is 2.53. The third-order valence-electron chi connectivity index (χ3n) is 2.50. The van der Waals surface area contributed by atoms with E-state index in [4.69, 9.17) is 0 Å². The van der Waals surface area contributed by atoms with Gasteiger partial charge in [-0.15, -0.1) is 0 Å². The first-order valence-electron chi connectivity index (χ1n) is 6.20. The van der Waals surface area contributed by atoms with Crippen LogP contribution in [0.15, 0.2) is 29.2 Å². The van der Waals surface area contributed by atoms with Gasteiger partial charge in [0, 0.05) is 19.3 Å². The van der Waals surface area contributed by atoms with E-state index in [-0.39, 0.29) is 5.69 Å². The first-order valence-corrected chi connectivity index (χ1v) is 6.20. The highest BCUT2D eigenvalue weighted by Gasteiger charge is 1.98. The van der Waals surface area contributed by atoms with Crippen LogP contribution in [0.3, 0.4) is 0 Å². The number of nitrogens with zero attached hydrogens (tertiary/aromatic N) is 2. The number of hydrogen-bond acceptors (Lipinski definition) is 3. The second-order valence-corrected chi connectivity index (χ2v) is 3.95. The molecule has 0 saturated heterocycles. The van der Waals surface area contributed by atoms with E-state index in [0.29, 0.717) is 12.4 Å². The van der Waals surface area contributed by atoms with Crippen molar-refractivity contribution in [2.45, 2.75) is 39.7 Å². The van der Waals surface area contributed by atoms with E-state index >= 15 is 0 Å². The Labute approximate surface area is 102 Å². The molecule has 1 aromatic rings. The van der Waals surface area contributed by atoms with E-state index in [1.54, 1.807) is 10.8 Å². The van der Waals surface area contributed by atoms with Gasteiger partial charge in [-0.1, -0.05) is 31.9 Å². The van der Waals surface area contributed by atoms with Crippen LogP contribution in [0.4, 0.5) is 5.82 Å². The predicted molar refractivity (Wildman–Crippen MR) is 71.3 cm³/mol. The Morgan fingerprint density at radius 2 is 2.29 bits per heavy atom. The van der Waals surface area contributed by atoms with Gasteiger partial charge in [0.1, 0.15) is 5.82 Å². The van der Waals surface area contributed by atoms with Crippen LogP contribution < -0.4 is 11.0 Å². The molecule has 0 fully saturated rings. The highest BCUT2D eigenvalue weighted by atomic mass is 16.1. The number of allylic oxidation sites excluding steroid dienone is 2. The Bertz CT molecular complexity index is 409. The smallest absolute Gasteiger partial charge is 0.349 e. The summed E-state index contributed by atoms with van der Waals surface area (Å²) >= 11 is 0. The van der Waals surface area contributed by atoms with Crippen molar-refractivity contribution >= 4 is 5.82 Å². The monoisotopic (exact) mass is 235 g/mol. The van der Waals surface area contributed by atoms with E-state index in [2.05, 4.69) is 17.2 Å². The lowest BCUT2D eigenvalue weighted by Crippen LogP contribution is -2.23. The van der Waals surface area contributed by atoms with Crippen molar-refractivity contribution in [2.24, 2.45) is 0 Å². The van der Waals surface area contributed by atoms with Crippen LogP contribution in [-0.2, 0) is 6.54 Å². The maximum absolute atomic E-state index is 11.6. The van der Waals surface area contributed by atoms with Crippen molar-refractivity contribution in [1.29, 1.82) is 0 Å². The standard InChI is InChI=1S/C13H21N3O/c1-3-5-7-9-14-12-8-11-16(10-6-4-2)13(17)15-12/h4,6,8,11H,3,5,7,9-10H2,1-2H3,(H,14,15,17)/b6-4+. The maximum atomic E-state index is 11.6. The first kappa shape index (κ1) is 13.5. The van der Waals surface area contributed by atoms with Crippen LogP contribution in [0.25, 0.3) is 0 Å². The average Bonchev–Trinajstić information content (AvgIpc) is 2.34. The minimum Gasteiger partial charge on any atom is -0.370 e. The van der Waals surface area contributed by atoms with E-state index in [1.165, 1.54) is 12.8 Å². The predicted octanol–water partition coefficient (Wildman–Crippen LogP) is 2.42. The first-order chi connectivity index (χ1) is 8.27. The zero-order chi connectivity index (χ0) is 12.5. The number of unbranched alkanes of at least 4 members (excludes halogenated alkanes) is 2. The van der Waals surface area contributed by atoms with Crippen molar-refractivity contribution in [3.63, 3.8) is 0 Å². The highest BCUT2D eigenvalue weighted by Crippen LogP contribution is 2.00. The Morgan fingerprint density at radius 3 is 2.94 bits per heavy atom. The second kappa shape index (κ2) is 7.65. The third kappa shape index (κ3) is 4.85. The molecule has 1 N–H and O–H groups in total. The number of anilines is 1. The van der Waals surface area contributed by atoms with Crippen LogP contribution in [0.5, 0.6) is 0 Å². The Hall–Kier alpha value is -1.58. The molecule has 1 aromatic heterocycles. The lowest BCUT2D eigenvalue weighted by atomic mass is 10.2. The SMILES string of the molecule is C/C=C/Cn1ccc(NCCCCC)nc1=O. The van der Waals surface area contributed by atoms with Crippen LogP contribution in [0, 0.1) is 0 Å². The summed E-state index contributed by atoms with van der Waals surface area (Å²) in [4.78, 5) is 15.6. The van der Waals surface area contributed by atoms with Crippen LogP contribution in [-0.4, -0.2) is 16.1 Å². The molecule has 0 radical (unpaired) electrons. The molecule has 0 amide bonds. The molecule has 94 valence electrons. The average molecular weight is 235 g/mol. The van der Waals surface area contributed by atoms with Gasteiger partial charge in [0.2, 0.25) is 0 Å². The summed E-state index contributed by atoms with van der Waals surface area (Å²) in [6.45, 7) is 5.56. The summed E-state index contributed by atoms with van der Waals surface area (Å²) in [7, 11) is 0. The van der Waals surface area contributed by atoms with Crippen molar-refractivity contribution in [2.75, 3.05) is 11.9 Å². The summed E-state index contributed by atoms with van der Waals surface area (Å²) in [6, 6.07) is 1.84. The van der Waals surface area contributed by atoms with Gasteiger partial charge in [-0.25, -0.2) is 4.79 Å². The lowest BCUT2D eigenvalue weighted by molar-refractivity contribution is 0.728. The van der Waals surface area contributed by atoms with Crippen molar-refractivity contribution < 1.29 is 0 Å². The summed E-state index contributed by atoms with van der Waals surface area (Å²) in [5.41, 5.74) is -0.205. The highest BCUT2D eigenvalue weighted by molar-refractivity contribution is 5.31. The number of nitrogens with one attached hydrogen (secondary N) is 1. The molecule has 0 spiro atoms. The molecule has 1 rings (SSSR count). The number of hydrogen-bond donors (Lipinski definition) is 1. The van der Waals surface area contributed by atoms with E-state index < -0.39 is 0 Å². The van der Waals surface area contributed by atoms with Gasteiger partial charge in [-0.2, -0.15) is 4.98 Å². The van der Waals surface area contributed by atoms with Gasteiger partial charge < -0.3 is 5.32 Å². The van der Waals surface area contributed by atoms with Gasteiger partial charge in [-0.3, -0.25) is 4.57 Å². The molecule has 0 bridgehead atoms. The summed E-state index contributed by atoms with van der Waals surface area (Å²) in [5.74, 6) is 0.669. The molecular weight excluding hydrogens is 214 g/mol. The van der Waals surface area contributed by atoms with E-state index in [0.717, 1.165) is 13.0 Å². The largest absolute Gasteiger partial charge is 0.370 e. The fourth-order valence-electron chi connectivity index (χ4n) is 1.48. The Morgan fingerprint density at radius 1 is 1.47 bits per heavy atom. The number of aromatic nitrogens is 2. The van der Waals surface area contributed by atoms with Gasteiger partial charge >= 0.3 is 5.69 Å². The summed E-state index contributed by atoms with van der Waals surface area (Å²) in [5, 5.41) is 3.16. The normalized spacial score (nSPS) is 10.9. The molecule has 1 heterocycles. The number of rotatable bonds is 7. The van der Waals surface area contributed by atoms with Crippen LogP contribution >= 0.6 is 0 Å². The van der Waals surface area contributed by atoms with Gasteiger partial charge in [0.05, 0.1) is 0 Å². The molecule has 4 nitrogen and oxygen atoms in total. The molecule has 0 aromatic carbocycles. The summed E-state index contributed by atoms with van der Waals surface area (Å²) < 4.78 is 1.58. The molecule has 0 atom stereocenters. The lowest BCUT2D eigenvalue weighted by Gasteiger charge is -2.06. The molecule has 4 heteroatoms. The zero-order valence-corrected chi connectivity index (χ0v) is 10.6. The second-order valence-electron chi connectivity index (χ2n) is 3.95. The fraction of sp³-hybridized carbons (Fsp3) is 0.538. The minimum absolute atomic E-state index is 0.205. The molecule has 0 aliphatic carbocycles. The van der Waals surface area contributed by atoms with E-state index in [9.17, 15) is 4.79 Å². The molecule has 17 heavy (non-hydrogen) atoms. The van der Waals surface area contributed by atoms with E-state index in [1.807, 2.05) is 25.1 Å². The third-order valence-corrected chi connectivity index (χ3v) is 2.50. The fourth-order valence-corrected chi connectivity index (χ4v) is 1.48. The quantitative estimate of drug-likeness (QED) is 0.583. The topological polar surface area (TPSA) is 46.9 Å². The van der Waals surface area contributed by atoms with Gasteiger partial charge in [0.25, 0.3) is 0 Å². The summed E-state index contributed by atoms with van der Waals surface area (Å²) in [6.07, 6.45) is 9.13. The van der Waals surface area contributed by atoms with Crippen LogP contribution in [0.2, 0.25) is 0 Å². The molecule has 0 unspecified atom stereocenters. The van der Waals surface area contributed by atoms with Crippen molar-refractivity contribution in [3.05, 3.63) is 34.9 Å². The molecule has 0 saturated carbocycles. The molecule has 0 aliphatic heterocycles. The van der Waals surface area contributed by atoms with Crippen molar-refractivity contribution in [1.82, 2.24) is 9.55 Å². The zero-order valence-electron chi connectivity index (χ0n) is 10.6. The van der Waals surface area contributed by atoms with Gasteiger partial charge in [-0.05, 0) is 19.4 Å². The molecular formula is C13H21N3O. The van der Waals surface area contributed by atoms with Crippen LogP contribution in [0.1, 0.15) is 33.1 Å². The molecule has 0 aliphatic rings. The Kier molecular flexibility index (Phi) is 6.07. The van der Waals surface area contributed by atoms with Gasteiger partial charge in [0.15, 0.2) is 0 Å². The van der Waals surface area contributed by atoms with Crippen molar-refractivity contribution in [3.8, 4) is 0 Å².